The van der Waals surface area contributed by atoms with Gasteiger partial charge in [-0.25, -0.2) is 5.01 Å². The quantitative estimate of drug-likeness (QED) is 0.771. The highest BCUT2D eigenvalue weighted by molar-refractivity contribution is 6.03. The molecule has 0 N–H and O–H groups in total. The zero-order chi connectivity index (χ0) is 18.7. The molecule has 26 heavy (non-hydrogen) atoms. The lowest BCUT2D eigenvalue weighted by atomic mass is 10.0. The molecule has 1 aliphatic rings. The third-order valence-electron chi connectivity index (χ3n) is 4.23. The number of furan rings is 1. The van der Waals surface area contributed by atoms with Crippen LogP contribution in [0.25, 0.3) is 0 Å². The molecule has 2 heterocycles. The molecule has 1 aromatic carbocycles. The van der Waals surface area contributed by atoms with Gasteiger partial charge in [-0.1, -0.05) is 43.7 Å². The third-order valence-corrected chi connectivity index (χ3v) is 4.23. The second kappa shape index (κ2) is 7.56. The van der Waals surface area contributed by atoms with Crippen molar-refractivity contribution in [1.82, 2.24) is 5.01 Å². The summed E-state index contributed by atoms with van der Waals surface area (Å²) < 4.78 is 10.6. The molecule has 0 saturated heterocycles. The standard InChI is InChI=1S/C20H22N2O4/c1-13(2)20(24)26-12-19(23)22-17(18-5-4-10-25-18)11-16(21-22)15-8-6-14(3)7-9-15/h4-10,13,17H,11-12H2,1-3H3. The van der Waals surface area contributed by atoms with E-state index >= 15 is 0 Å². The molecule has 2 aromatic rings. The minimum atomic E-state index is -0.408. The highest BCUT2D eigenvalue weighted by Crippen LogP contribution is 2.33. The van der Waals surface area contributed by atoms with Gasteiger partial charge in [0.15, 0.2) is 6.61 Å². The molecule has 0 fully saturated rings. The molecule has 0 bridgehead atoms. The minimum Gasteiger partial charge on any atom is -0.467 e. The number of carbonyl (C=O) groups excluding carboxylic acids is 2. The fourth-order valence-electron chi connectivity index (χ4n) is 2.73. The molecule has 3 rings (SSSR count). The van der Waals surface area contributed by atoms with Crippen LogP contribution in [0.4, 0.5) is 0 Å². The number of esters is 1. The van der Waals surface area contributed by atoms with Crippen LogP contribution in [0, 0.1) is 12.8 Å². The van der Waals surface area contributed by atoms with Crippen LogP contribution in [0.2, 0.25) is 0 Å². The molecule has 1 unspecified atom stereocenters. The van der Waals surface area contributed by atoms with Crippen molar-refractivity contribution >= 4 is 17.6 Å². The maximum Gasteiger partial charge on any atom is 0.308 e. The summed E-state index contributed by atoms with van der Waals surface area (Å²) in [4.78, 5) is 24.3. The lowest BCUT2D eigenvalue weighted by Gasteiger charge is -2.19. The van der Waals surface area contributed by atoms with Gasteiger partial charge in [0.2, 0.25) is 0 Å². The maximum atomic E-state index is 12.6. The molecule has 1 amide bonds. The van der Waals surface area contributed by atoms with Crippen molar-refractivity contribution in [2.24, 2.45) is 11.0 Å². The van der Waals surface area contributed by atoms with Gasteiger partial charge in [-0.15, -0.1) is 0 Å². The number of benzene rings is 1. The van der Waals surface area contributed by atoms with Gasteiger partial charge < -0.3 is 9.15 Å². The molecule has 0 aliphatic carbocycles. The number of amides is 1. The zero-order valence-electron chi connectivity index (χ0n) is 15.1. The fourth-order valence-corrected chi connectivity index (χ4v) is 2.73. The number of hydrogen-bond acceptors (Lipinski definition) is 5. The van der Waals surface area contributed by atoms with Crippen LogP contribution in [-0.4, -0.2) is 29.2 Å². The third kappa shape index (κ3) is 3.85. The van der Waals surface area contributed by atoms with Crippen molar-refractivity contribution in [3.05, 3.63) is 59.5 Å². The van der Waals surface area contributed by atoms with Crippen LogP contribution in [0.15, 0.2) is 52.2 Å². The molecular weight excluding hydrogens is 332 g/mol. The maximum absolute atomic E-state index is 12.6. The summed E-state index contributed by atoms with van der Waals surface area (Å²) in [5.41, 5.74) is 2.92. The molecule has 0 saturated carbocycles. The lowest BCUT2D eigenvalue weighted by Crippen LogP contribution is -2.31. The molecule has 1 aliphatic heterocycles. The van der Waals surface area contributed by atoms with Crippen molar-refractivity contribution in [3.63, 3.8) is 0 Å². The number of rotatable bonds is 5. The summed E-state index contributed by atoms with van der Waals surface area (Å²) in [7, 11) is 0. The number of aryl methyl sites for hydroxylation is 1. The number of ether oxygens (including phenoxy) is 1. The lowest BCUT2D eigenvalue weighted by molar-refractivity contribution is -0.155. The smallest absolute Gasteiger partial charge is 0.308 e. The van der Waals surface area contributed by atoms with Crippen LogP contribution >= 0.6 is 0 Å². The molecule has 136 valence electrons. The fraction of sp³-hybridized carbons (Fsp3) is 0.350. The van der Waals surface area contributed by atoms with Crippen LogP contribution in [-0.2, 0) is 14.3 Å². The van der Waals surface area contributed by atoms with E-state index in [1.807, 2.05) is 37.3 Å². The molecule has 6 heteroatoms. The topological polar surface area (TPSA) is 72.1 Å². The summed E-state index contributed by atoms with van der Waals surface area (Å²) in [6.07, 6.45) is 2.11. The van der Waals surface area contributed by atoms with Crippen LogP contribution < -0.4 is 0 Å². The Hall–Kier alpha value is -2.89. The van der Waals surface area contributed by atoms with Crippen LogP contribution in [0.3, 0.4) is 0 Å². The Kier molecular flexibility index (Phi) is 5.21. The Morgan fingerprint density at radius 1 is 1.27 bits per heavy atom. The predicted molar refractivity (Wildman–Crippen MR) is 96.4 cm³/mol. The van der Waals surface area contributed by atoms with Gasteiger partial charge in [-0.2, -0.15) is 5.10 Å². The van der Waals surface area contributed by atoms with E-state index in [0.717, 1.165) is 16.8 Å². The summed E-state index contributed by atoms with van der Waals surface area (Å²) in [5.74, 6) is -0.411. The van der Waals surface area contributed by atoms with Gasteiger partial charge >= 0.3 is 5.97 Å². The molecule has 0 spiro atoms. The Balaban J connectivity index is 1.81. The second-order valence-electron chi connectivity index (χ2n) is 6.65. The summed E-state index contributed by atoms with van der Waals surface area (Å²) >= 11 is 0. The van der Waals surface area contributed by atoms with E-state index in [-0.39, 0.29) is 24.5 Å². The average Bonchev–Trinajstić information content (AvgIpc) is 3.29. The zero-order valence-corrected chi connectivity index (χ0v) is 15.1. The first-order valence-corrected chi connectivity index (χ1v) is 8.62. The van der Waals surface area contributed by atoms with E-state index in [9.17, 15) is 9.59 Å². The average molecular weight is 354 g/mol. The van der Waals surface area contributed by atoms with Gasteiger partial charge in [0.25, 0.3) is 5.91 Å². The van der Waals surface area contributed by atoms with Gasteiger partial charge in [0.1, 0.15) is 11.8 Å². The SMILES string of the molecule is Cc1ccc(C2=NN(C(=O)COC(=O)C(C)C)C(c3ccco3)C2)cc1. The Morgan fingerprint density at radius 2 is 2.00 bits per heavy atom. The summed E-state index contributed by atoms with van der Waals surface area (Å²) in [5, 5.41) is 5.86. The van der Waals surface area contributed by atoms with Crippen LogP contribution in [0.1, 0.15) is 43.2 Å². The van der Waals surface area contributed by atoms with Gasteiger partial charge in [0.05, 0.1) is 17.9 Å². The molecule has 1 atom stereocenters. The Labute approximate surface area is 152 Å². The van der Waals surface area contributed by atoms with Crippen molar-refractivity contribution in [2.75, 3.05) is 6.61 Å². The van der Waals surface area contributed by atoms with Crippen molar-refractivity contribution < 1.29 is 18.7 Å². The van der Waals surface area contributed by atoms with Crippen molar-refractivity contribution in [3.8, 4) is 0 Å². The molecule has 1 aromatic heterocycles. The first-order valence-electron chi connectivity index (χ1n) is 8.62. The van der Waals surface area contributed by atoms with E-state index in [1.165, 1.54) is 5.01 Å². The van der Waals surface area contributed by atoms with Crippen molar-refractivity contribution in [1.29, 1.82) is 0 Å². The summed E-state index contributed by atoms with van der Waals surface area (Å²) in [6.45, 7) is 5.13. The molecule has 6 nitrogen and oxygen atoms in total. The predicted octanol–water partition coefficient (Wildman–Crippen LogP) is 3.46. The van der Waals surface area contributed by atoms with E-state index in [4.69, 9.17) is 9.15 Å². The minimum absolute atomic E-state index is 0.283. The van der Waals surface area contributed by atoms with E-state index < -0.39 is 5.97 Å². The number of carbonyl (C=O) groups is 2. The normalized spacial score (nSPS) is 16.7. The second-order valence-corrected chi connectivity index (χ2v) is 6.65. The number of hydrazone groups is 1. The molecular formula is C20H22N2O4. The first kappa shape index (κ1) is 17.9. The van der Waals surface area contributed by atoms with E-state index in [1.54, 1.807) is 26.2 Å². The largest absolute Gasteiger partial charge is 0.467 e. The monoisotopic (exact) mass is 354 g/mol. The van der Waals surface area contributed by atoms with E-state index in [2.05, 4.69) is 5.10 Å². The number of hydrogen-bond donors (Lipinski definition) is 0. The number of nitrogens with zero attached hydrogens (tertiary/aromatic N) is 2. The molecule has 0 radical (unpaired) electrons. The Bertz CT molecular complexity index is 807. The highest BCUT2D eigenvalue weighted by atomic mass is 16.5. The summed E-state index contributed by atoms with van der Waals surface area (Å²) in [6, 6.07) is 11.2. The Morgan fingerprint density at radius 3 is 2.62 bits per heavy atom. The van der Waals surface area contributed by atoms with Gasteiger partial charge in [-0.3, -0.25) is 9.59 Å². The highest BCUT2D eigenvalue weighted by Gasteiger charge is 2.35. The van der Waals surface area contributed by atoms with Crippen molar-refractivity contribution in [2.45, 2.75) is 33.2 Å². The van der Waals surface area contributed by atoms with Gasteiger partial charge in [0, 0.05) is 6.42 Å². The van der Waals surface area contributed by atoms with E-state index in [0.29, 0.717) is 12.2 Å². The van der Waals surface area contributed by atoms with Crippen LogP contribution in [0.5, 0.6) is 0 Å². The first-order chi connectivity index (χ1) is 12.5. The van der Waals surface area contributed by atoms with Gasteiger partial charge in [-0.05, 0) is 24.6 Å².